The normalized spacial score (nSPS) is 15.0. The van der Waals surface area contributed by atoms with Gasteiger partial charge in [-0.15, -0.1) is 6.42 Å². The zero-order valence-corrected chi connectivity index (χ0v) is 19.4. The molecular formula is C22H16ClIN2O5. The first-order valence-electron chi connectivity index (χ1n) is 8.88. The van der Waals surface area contributed by atoms with Gasteiger partial charge in [0.05, 0.1) is 16.4 Å². The summed E-state index contributed by atoms with van der Waals surface area (Å²) in [5.74, 6) is 1.66. The molecule has 1 saturated heterocycles. The van der Waals surface area contributed by atoms with Crippen LogP contribution in [-0.4, -0.2) is 31.6 Å². The van der Waals surface area contributed by atoms with Crippen molar-refractivity contribution in [2.75, 3.05) is 18.6 Å². The summed E-state index contributed by atoms with van der Waals surface area (Å²) < 4.78 is 11.5. The van der Waals surface area contributed by atoms with Gasteiger partial charge in [0, 0.05) is 5.02 Å². The Morgan fingerprint density at radius 2 is 2.00 bits per heavy atom. The van der Waals surface area contributed by atoms with Crippen LogP contribution in [0.3, 0.4) is 0 Å². The minimum absolute atomic E-state index is 0.0593. The van der Waals surface area contributed by atoms with Crippen molar-refractivity contribution in [3.63, 3.8) is 0 Å². The lowest BCUT2D eigenvalue weighted by Crippen LogP contribution is -2.54. The van der Waals surface area contributed by atoms with Crippen molar-refractivity contribution in [1.29, 1.82) is 0 Å². The SMILES string of the molecule is C#CCOc1c(I)cc(/C=C2\C(=O)NC(=O)N(c3cc(Cl)ccc3C)C2=O)cc1OC. The number of aryl methyl sites for hydroxylation is 1. The Morgan fingerprint density at radius 1 is 1.26 bits per heavy atom. The third-order valence-electron chi connectivity index (χ3n) is 4.38. The molecule has 2 aromatic rings. The van der Waals surface area contributed by atoms with Crippen molar-refractivity contribution in [3.8, 4) is 23.8 Å². The molecular weight excluding hydrogens is 535 g/mol. The van der Waals surface area contributed by atoms with Gasteiger partial charge in [0.25, 0.3) is 11.8 Å². The minimum atomic E-state index is -0.845. The van der Waals surface area contributed by atoms with E-state index in [2.05, 4.69) is 11.2 Å². The van der Waals surface area contributed by atoms with Gasteiger partial charge in [-0.25, -0.2) is 9.69 Å². The van der Waals surface area contributed by atoms with Crippen molar-refractivity contribution in [2.24, 2.45) is 0 Å². The number of ether oxygens (including phenoxy) is 2. The number of methoxy groups -OCH3 is 1. The fourth-order valence-corrected chi connectivity index (χ4v) is 3.89. The number of rotatable bonds is 5. The Balaban J connectivity index is 2.05. The highest BCUT2D eigenvalue weighted by atomic mass is 127. The topological polar surface area (TPSA) is 84.9 Å². The van der Waals surface area contributed by atoms with Crippen LogP contribution in [0.1, 0.15) is 11.1 Å². The predicted molar refractivity (Wildman–Crippen MR) is 125 cm³/mol. The van der Waals surface area contributed by atoms with Crippen LogP contribution in [0, 0.1) is 22.8 Å². The summed E-state index contributed by atoms with van der Waals surface area (Å²) in [7, 11) is 1.46. The molecule has 0 saturated carbocycles. The van der Waals surface area contributed by atoms with Crippen molar-refractivity contribution in [3.05, 3.63) is 55.6 Å². The van der Waals surface area contributed by atoms with Crippen LogP contribution in [0.25, 0.3) is 6.08 Å². The van der Waals surface area contributed by atoms with E-state index in [9.17, 15) is 14.4 Å². The molecule has 0 bridgehead atoms. The van der Waals surface area contributed by atoms with Crippen LogP contribution < -0.4 is 19.7 Å². The number of hydrogen-bond acceptors (Lipinski definition) is 5. The second kappa shape index (κ2) is 9.41. The maximum atomic E-state index is 13.1. The van der Waals surface area contributed by atoms with Gasteiger partial charge in [-0.2, -0.15) is 0 Å². The van der Waals surface area contributed by atoms with E-state index < -0.39 is 17.8 Å². The fourth-order valence-electron chi connectivity index (χ4n) is 2.94. The molecule has 0 aromatic heterocycles. The van der Waals surface area contributed by atoms with Gasteiger partial charge in [-0.05, 0) is 71.0 Å². The van der Waals surface area contributed by atoms with E-state index in [1.807, 2.05) is 22.6 Å². The van der Waals surface area contributed by atoms with E-state index in [0.717, 1.165) is 4.90 Å². The number of carbonyl (C=O) groups excluding carboxylic acids is 3. The molecule has 4 amide bonds. The van der Waals surface area contributed by atoms with Gasteiger partial charge in [0.2, 0.25) is 0 Å². The van der Waals surface area contributed by atoms with E-state index in [0.29, 0.717) is 36.9 Å². The molecule has 1 aliphatic rings. The molecule has 31 heavy (non-hydrogen) atoms. The molecule has 1 N–H and O–H groups in total. The first kappa shape index (κ1) is 22.7. The number of barbiturate groups is 1. The Morgan fingerprint density at radius 3 is 2.68 bits per heavy atom. The highest BCUT2D eigenvalue weighted by Crippen LogP contribution is 2.35. The highest BCUT2D eigenvalue weighted by molar-refractivity contribution is 14.1. The second-order valence-electron chi connectivity index (χ2n) is 6.42. The number of amides is 4. The summed E-state index contributed by atoms with van der Waals surface area (Å²) in [6.07, 6.45) is 6.63. The third-order valence-corrected chi connectivity index (χ3v) is 5.41. The number of anilines is 1. The number of urea groups is 1. The van der Waals surface area contributed by atoms with Gasteiger partial charge in [0.15, 0.2) is 11.5 Å². The smallest absolute Gasteiger partial charge is 0.335 e. The Labute approximate surface area is 197 Å². The quantitative estimate of drug-likeness (QED) is 0.264. The summed E-state index contributed by atoms with van der Waals surface area (Å²) in [4.78, 5) is 38.9. The monoisotopic (exact) mass is 550 g/mol. The number of halogens is 2. The van der Waals surface area contributed by atoms with Gasteiger partial charge in [-0.3, -0.25) is 14.9 Å². The number of nitrogens with zero attached hydrogens (tertiary/aromatic N) is 1. The highest BCUT2D eigenvalue weighted by Gasteiger charge is 2.37. The Kier molecular flexibility index (Phi) is 6.87. The fraction of sp³-hybridized carbons (Fsp3) is 0.136. The molecule has 0 spiro atoms. The zero-order chi connectivity index (χ0) is 22.7. The Hall–Kier alpha value is -3.03. The summed E-state index contributed by atoms with van der Waals surface area (Å²) in [5, 5.41) is 2.55. The number of carbonyl (C=O) groups is 3. The molecule has 3 rings (SSSR count). The largest absolute Gasteiger partial charge is 0.493 e. The van der Waals surface area contributed by atoms with Gasteiger partial charge < -0.3 is 9.47 Å². The molecule has 1 fully saturated rings. The number of imide groups is 2. The second-order valence-corrected chi connectivity index (χ2v) is 8.01. The van der Waals surface area contributed by atoms with Crippen LogP contribution >= 0.6 is 34.2 Å². The summed E-state index contributed by atoms with van der Waals surface area (Å²) in [5.41, 5.74) is 1.23. The van der Waals surface area contributed by atoms with E-state index in [1.54, 1.807) is 31.2 Å². The first-order chi connectivity index (χ1) is 14.8. The van der Waals surface area contributed by atoms with Crippen molar-refractivity contribution in [1.82, 2.24) is 5.32 Å². The average Bonchev–Trinajstić information content (AvgIpc) is 2.72. The van der Waals surface area contributed by atoms with Crippen LogP contribution in [-0.2, 0) is 9.59 Å². The van der Waals surface area contributed by atoms with E-state index >= 15 is 0 Å². The molecule has 9 heteroatoms. The van der Waals surface area contributed by atoms with E-state index in [1.165, 1.54) is 19.3 Å². The van der Waals surface area contributed by atoms with Crippen LogP contribution in [0.5, 0.6) is 11.5 Å². The van der Waals surface area contributed by atoms with Gasteiger partial charge in [0.1, 0.15) is 12.2 Å². The summed E-state index contributed by atoms with van der Waals surface area (Å²) in [6.45, 7) is 1.79. The summed E-state index contributed by atoms with van der Waals surface area (Å²) >= 11 is 8.07. The lowest BCUT2D eigenvalue weighted by molar-refractivity contribution is -0.122. The van der Waals surface area contributed by atoms with Crippen molar-refractivity contribution < 1.29 is 23.9 Å². The van der Waals surface area contributed by atoms with Gasteiger partial charge >= 0.3 is 6.03 Å². The average molecular weight is 551 g/mol. The van der Waals surface area contributed by atoms with Crippen LogP contribution in [0.4, 0.5) is 10.5 Å². The molecule has 1 aliphatic heterocycles. The third kappa shape index (κ3) is 4.68. The van der Waals surface area contributed by atoms with E-state index in [4.69, 9.17) is 27.5 Å². The molecule has 158 valence electrons. The predicted octanol–water partition coefficient (Wildman–Crippen LogP) is 3.94. The standard InChI is InChI=1S/C22H16ClIN2O5/c1-4-7-31-19-16(24)9-13(10-18(19)30-3)8-15-20(27)25-22(29)26(21(15)28)17-11-14(23)6-5-12(17)2/h1,5-6,8-11H,7H2,2-3H3,(H,25,27,29)/b15-8+. The molecule has 0 aliphatic carbocycles. The van der Waals surface area contributed by atoms with Crippen LogP contribution in [0.15, 0.2) is 35.9 Å². The number of nitrogens with one attached hydrogen (secondary N) is 1. The maximum Gasteiger partial charge on any atom is 0.335 e. The van der Waals surface area contributed by atoms with E-state index in [-0.39, 0.29) is 12.2 Å². The number of hydrogen-bond donors (Lipinski definition) is 1. The molecule has 0 radical (unpaired) electrons. The van der Waals surface area contributed by atoms with Crippen molar-refractivity contribution in [2.45, 2.75) is 6.92 Å². The maximum absolute atomic E-state index is 13.1. The molecule has 2 aromatic carbocycles. The lowest BCUT2D eigenvalue weighted by Gasteiger charge is -2.27. The zero-order valence-electron chi connectivity index (χ0n) is 16.5. The number of benzene rings is 2. The minimum Gasteiger partial charge on any atom is -0.493 e. The molecule has 0 atom stereocenters. The molecule has 0 unspecified atom stereocenters. The van der Waals surface area contributed by atoms with Crippen molar-refractivity contribution >= 4 is 63.8 Å². The first-order valence-corrected chi connectivity index (χ1v) is 10.3. The Bertz CT molecular complexity index is 1170. The summed E-state index contributed by atoms with van der Waals surface area (Å²) in [6, 6.07) is 7.28. The van der Waals surface area contributed by atoms with Gasteiger partial charge in [-0.1, -0.05) is 23.6 Å². The molecule has 1 heterocycles. The van der Waals surface area contributed by atoms with Crippen LogP contribution in [0.2, 0.25) is 5.02 Å². The lowest BCUT2D eigenvalue weighted by atomic mass is 10.1. The molecule has 7 nitrogen and oxygen atoms in total. The number of terminal acetylenes is 1.